The quantitative estimate of drug-likeness (QED) is 0.837. The van der Waals surface area contributed by atoms with E-state index in [0.29, 0.717) is 17.6 Å². The second kappa shape index (κ2) is 7.64. The van der Waals surface area contributed by atoms with E-state index in [2.05, 4.69) is 15.2 Å². The molecule has 0 amide bonds. The second-order valence-electron chi connectivity index (χ2n) is 5.62. The fourth-order valence-corrected chi connectivity index (χ4v) is 2.64. The van der Waals surface area contributed by atoms with Crippen LogP contribution in [0, 0.1) is 0 Å². The molecule has 1 aliphatic rings. The van der Waals surface area contributed by atoms with Crippen LogP contribution in [-0.4, -0.2) is 50.0 Å². The van der Waals surface area contributed by atoms with E-state index in [-0.39, 0.29) is 6.04 Å². The van der Waals surface area contributed by atoms with Crippen molar-refractivity contribution < 1.29 is 27.8 Å². The number of aromatic nitrogens is 4. The maximum absolute atomic E-state index is 10.6. The highest BCUT2D eigenvalue weighted by atomic mass is 19.4. The molecule has 11 heteroatoms. The summed E-state index contributed by atoms with van der Waals surface area (Å²) in [5.74, 6) is -0.257. The van der Waals surface area contributed by atoms with Gasteiger partial charge in [0.1, 0.15) is 5.82 Å². The van der Waals surface area contributed by atoms with Crippen molar-refractivity contribution in [2.45, 2.75) is 43.8 Å². The Morgan fingerprint density at radius 1 is 1.40 bits per heavy atom. The number of hydrogen-bond donors (Lipinski definition) is 2. The van der Waals surface area contributed by atoms with Crippen LogP contribution in [0.5, 0.6) is 5.88 Å². The number of nitrogens with zero attached hydrogens (tertiary/aromatic N) is 4. The predicted molar refractivity (Wildman–Crippen MR) is 80.2 cm³/mol. The van der Waals surface area contributed by atoms with Gasteiger partial charge in [-0.3, -0.25) is 4.40 Å². The smallest absolute Gasteiger partial charge is 0.481 e. The van der Waals surface area contributed by atoms with Gasteiger partial charge in [0.25, 0.3) is 5.78 Å². The number of nitrogens with two attached hydrogens (primary N) is 1. The average molecular weight is 361 g/mol. The van der Waals surface area contributed by atoms with Crippen molar-refractivity contribution in [3.8, 4) is 5.88 Å². The zero-order valence-corrected chi connectivity index (χ0v) is 13.4. The highest BCUT2D eigenvalue weighted by Gasteiger charge is 2.38. The van der Waals surface area contributed by atoms with Crippen molar-refractivity contribution in [2.75, 3.05) is 7.11 Å². The van der Waals surface area contributed by atoms with Gasteiger partial charge in [-0.25, -0.2) is 4.79 Å². The summed E-state index contributed by atoms with van der Waals surface area (Å²) in [7, 11) is 1.59. The first-order valence-corrected chi connectivity index (χ1v) is 7.53. The van der Waals surface area contributed by atoms with E-state index in [1.807, 2.05) is 16.7 Å². The number of methoxy groups -OCH3 is 1. The van der Waals surface area contributed by atoms with Crippen LogP contribution < -0.4 is 10.5 Å². The summed E-state index contributed by atoms with van der Waals surface area (Å²) in [6, 6.07) is 2.10. The number of carboxylic acids is 1. The van der Waals surface area contributed by atoms with E-state index >= 15 is 0 Å². The third-order valence-corrected chi connectivity index (χ3v) is 3.81. The first kappa shape index (κ1) is 18.9. The first-order valence-electron chi connectivity index (χ1n) is 7.53. The van der Waals surface area contributed by atoms with Gasteiger partial charge in [-0.1, -0.05) is 6.42 Å². The van der Waals surface area contributed by atoms with Gasteiger partial charge in [0.2, 0.25) is 5.88 Å². The van der Waals surface area contributed by atoms with Gasteiger partial charge in [0.05, 0.1) is 7.11 Å². The Morgan fingerprint density at radius 2 is 2.08 bits per heavy atom. The van der Waals surface area contributed by atoms with Crippen LogP contribution in [0.3, 0.4) is 0 Å². The fourth-order valence-electron chi connectivity index (χ4n) is 2.64. The highest BCUT2D eigenvalue weighted by Crippen LogP contribution is 2.31. The number of carboxylic acid groups (broad SMARTS) is 1. The molecule has 0 saturated heterocycles. The molecule has 3 rings (SSSR count). The van der Waals surface area contributed by atoms with E-state index in [0.717, 1.165) is 31.5 Å². The lowest BCUT2D eigenvalue weighted by molar-refractivity contribution is -0.192. The van der Waals surface area contributed by atoms with Crippen LogP contribution in [-0.2, 0) is 4.79 Å². The summed E-state index contributed by atoms with van der Waals surface area (Å²) in [4.78, 5) is 13.2. The molecule has 0 radical (unpaired) electrons. The second-order valence-corrected chi connectivity index (χ2v) is 5.62. The number of aliphatic carboxylic acids is 1. The minimum atomic E-state index is -5.08. The molecule has 138 valence electrons. The molecule has 3 N–H and O–H groups in total. The lowest BCUT2D eigenvalue weighted by Crippen LogP contribution is -2.27. The number of ether oxygens (including phenoxy) is 1. The van der Waals surface area contributed by atoms with Crippen LogP contribution >= 0.6 is 0 Å². The average Bonchev–Trinajstić information content (AvgIpc) is 2.97. The van der Waals surface area contributed by atoms with Crippen LogP contribution in [0.2, 0.25) is 0 Å². The van der Waals surface area contributed by atoms with Crippen LogP contribution in [0.15, 0.2) is 12.3 Å². The molecule has 1 aliphatic carbocycles. The summed E-state index contributed by atoms with van der Waals surface area (Å²) < 4.78 is 38.8. The summed E-state index contributed by atoms with van der Waals surface area (Å²) in [6.45, 7) is 0. The first-order chi connectivity index (χ1) is 11.7. The monoisotopic (exact) mass is 361 g/mol. The van der Waals surface area contributed by atoms with E-state index in [1.165, 1.54) is 0 Å². The number of halogens is 3. The molecule has 0 aromatic carbocycles. The topological polar surface area (TPSA) is 116 Å². The summed E-state index contributed by atoms with van der Waals surface area (Å²) in [6.07, 6.45) is 1.20. The van der Waals surface area contributed by atoms with Gasteiger partial charge < -0.3 is 15.6 Å². The zero-order valence-electron chi connectivity index (χ0n) is 13.4. The van der Waals surface area contributed by atoms with Crippen molar-refractivity contribution in [3.05, 3.63) is 18.1 Å². The Bertz CT molecular complexity index is 734. The number of hydrogen-bond acceptors (Lipinski definition) is 6. The Morgan fingerprint density at radius 3 is 2.64 bits per heavy atom. The summed E-state index contributed by atoms with van der Waals surface area (Å²) in [5.41, 5.74) is 6.03. The largest absolute Gasteiger partial charge is 0.490 e. The van der Waals surface area contributed by atoms with Crippen LogP contribution in [0.25, 0.3) is 5.78 Å². The molecule has 2 aromatic heterocycles. The number of fused-ring (bicyclic) bond motifs is 1. The molecule has 2 aromatic rings. The highest BCUT2D eigenvalue weighted by molar-refractivity contribution is 5.73. The molecule has 0 aliphatic heterocycles. The third kappa shape index (κ3) is 4.78. The Labute approximate surface area is 140 Å². The maximum Gasteiger partial charge on any atom is 0.490 e. The lowest BCUT2D eigenvalue weighted by atomic mass is 9.86. The molecular formula is C14H18F3N5O3. The fraction of sp³-hybridized carbons (Fsp3) is 0.571. The molecule has 25 heavy (non-hydrogen) atoms. The van der Waals surface area contributed by atoms with Gasteiger partial charge in [-0.2, -0.15) is 18.2 Å². The third-order valence-electron chi connectivity index (χ3n) is 3.81. The maximum atomic E-state index is 10.6. The summed E-state index contributed by atoms with van der Waals surface area (Å²) >= 11 is 0. The van der Waals surface area contributed by atoms with Crippen molar-refractivity contribution >= 4 is 11.7 Å². The normalized spacial score (nSPS) is 20.7. The van der Waals surface area contributed by atoms with E-state index in [1.54, 1.807) is 7.11 Å². The van der Waals surface area contributed by atoms with Gasteiger partial charge in [0, 0.05) is 24.2 Å². The molecular weight excluding hydrogens is 343 g/mol. The minimum Gasteiger partial charge on any atom is -0.481 e. The molecule has 0 unspecified atom stereocenters. The van der Waals surface area contributed by atoms with Gasteiger partial charge in [-0.05, 0) is 19.3 Å². The van der Waals surface area contributed by atoms with Crippen molar-refractivity contribution in [1.29, 1.82) is 0 Å². The molecule has 0 spiro atoms. The van der Waals surface area contributed by atoms with Crippen molar-refractivity contribution in [1.82, 2.24) is 19.6 Å². The van der Waals surface area contributed by atoms with Crippen LogP contribution in [0.4, 0.5) is 13.2 Å². The van der Waals surface area contributed by atoms with Gasteiger partial charge >= 0.3 is 12.1 Å². The molecule has 1 fully saturated rings. The Balaban J connectivity index is 0.000000277. The van der Waals surface area contributed by atoms with Crippen molar-refractivity contribution in [3.63, 3.8) is 0 Å². The SMILES string of the molecule is COc1ccn2c([C@H]3CCC[C@@H](N)C3)nnc2n1.O=C(O)C(F)(F)F. The van der Waals surface area contributed by atoms with Crippen molar-refractivity contribution in [2.24, 2.45) is 5.73 Å². The molecule has 1 saturated carbocycles. The summed E-state index contributed by atoms with van der Waals surface area (Å²) in [5, 5.41) is 15.5. The van der Waals surface area contributed by atoms with E-state index < -0.39 is 12.1 Å². The minimum absolute atomic E-state index is 0.280. The standard InChI is InChI=1S/C12H17N5O.C2HF3O2/c1-18-10-5-6-17-11(15-16-12(17)14-10)8-3-2-4-9(13)7-8;3-2(4,5)1(6)7/h5-6,8-9H,2-4,7,13H2,1H3;(H,6,7)/t8-,9+;/m0./s1. The Kier molecular flexibility index (Phi) is 5.77. The Hall–Kier alpha value is -2.43. The van der Waals surface area contributed by atoms with E-state index in [9.17, 15) is 13.2 Å². The number of alkyl halides is 3. The van der Waals surface area contributed by atoms with Crippen LogP contribution in [0.1, 0.15) is 37.4 Å². The molecule has 2 heterocycles. The lowest BCUT2D eigenvalue weighted by Gasteiger charge is -2.25. The zero-order chi connectivity index (χ0) is 18.6. The van der Waals surface area contributed by atoms with Gasteiger partial charge in [0.15, 0.2) is 0 Å². The number of rotatable bonds is 2. The van der Waals surface area contributed by atoms with Gasteiger partial charge in [-0.15, -0.1) is 10.2 Å². The predicted octanol–water partition coefficient (Wildman–Crippen LogP) is 1.75. The molecule has 2 atom stereocenters. The molecule has 8 nitrogen and oxygen atoms in total. The number of carbonyl (C=O) groups is 1. The van der Waals surface area contributed by atoms with E-state index in [4.69, 9.17) is 20.4 Å². The molecule has 0 bridgehead atoms.